The standard InChI is InChI=1S/C22H20FN3O4S/c1-11-18-20(28)24-10-25-21(18)31-19(11)22(29)26-6-4-12(5-7-26)17-9-15(27)14-8-13(23)2-3-16(14)30-17/h2-3,8,10,12,17H,4-7,9H2,1H3,(H,24,25,28). The molecular weight excluding hydrogens is 421 g/mol. The van der Waals surface area contributed by atoms with Gasteiger partial charge < -0.3 is 14.6 Å². The minimum absolute atomic E-state index is 0.0974. The number of amides is 1. The van der Waals surface area contributed by atoms with Gasteiger partial charge >= 0.3 is 0 Å². The molecule has 31 heavy (non-hydrogen) atoms. The van der Waals surface area contributed by atoms with Gasteiger partial charge in [0.25, 0.3) is 11.5 Å². The Hall–Kier alpha value is -3.07. The quantitative estimate of drug-likeness (QED) is 0.659. The smallest absolute Gasteiger partial charge is 0.264 e. The summed E-state index contributed by atoms with van der Waals surface area (Å²) < 4.78 is 19.4. The van der Waals surface area contributed by atoms with Gasteiger partial charge in [0.2, 0.25) is 0 Å². The van der Waals surface area contributed by atoms with Crippen LogP contribution in [0.2, 0.25) is 0 Å². The molecule has 1 unspecified atom stereocenters. The van der Waals surface area contributed by atoms with E-state index in [9.17, 15) is 18.8 Å². The van der Waals surface area contributed by atoms with Crippen LogP contribution in [0.15, 0.2) is 29.3 Å². The second-order valence-corrected chi connectivity index (χ2v) is 9.02. The average Bonchev–Trinajstić information content (AvgIpc) is 3.11. The molecule has 0 bridgehead atoms. The average molecular weight is 441 g/mol. The molecule has 0 saturated carbocycles. The molecule has 2 aliphatic rings. The number of ether oxygens (including phenoxy) is 1. The van der Waals surface area contributed by atoms with Crippen molar-refractivity contribution < 1.29 is 18.7 Å². The van der Waals surface area contributed by atoms with Gasteiger partial charge in [-0.1, -0.05) is 0 Å². The second kappa shape index (κ2) is 7.56. The van der Waals surface area contributed by atoms with Crippen molar-refractivity contribution in [2.75, 3.05) is 13.1 Å². The van der Waals surface area contributed by atoms with Gasteiger partial charge in [-0.2, -0.15) is 0 Å². The normalized spacial score (nSPS) is 19.4. The fraction of sp³-hybridized carbons (Fsp3) is 0.364. The number of benzene rings is 1. The number of carbonyl (C=O) groups is 2. The molecule has 5 rings (SSSR count). The Bertz CT molecular complexity index is 1260. The van der Waals surface area contributed by atoms with Gasteiger partial charge in [-0.25, -0.2) is 9.37 Å². The molecule has 0 aliphatic carbocycles. The number of hydrogen-bond acceptors (Lipinski definition) is 6. The molecule has 0 radical (unpaired) electrons. The Morgan fingerprint density at radius 2 is 2.06 bits per heavy atom. The number of carbonyl (C=O) groups excluding carboxylic acids is 2. The van der Waals surface area contributed by atoms with Crippen molar-refractivity contribution in [2.24, 2.45) is 5.92 Å². The number of thiophene rings is 1. The van der Waals surface area contributed by atoms with Gasteiger partial charge in [0, 0.05) is 19.5 Å². The number of fused-ring (bicyclic) bond motifs is 2. The van der Waals surface area contributed by atoms with E-state index in [1.165, 1.54) is 35.9 Å². The third-order valence-corrected chi connectivity index (χ3v) is 7.37. The molecule has 1 atom stereocenters. The molecular formula is C22H20FN3O4S. The number of nitrogens with one attached hydrogen (secondary N) is 1. The first-order valence-corrected chi connectivity index (χ1v) is 11.0. The highest BCUT2D eigenvalue weighted by Gasteiger charge is 2.36. The predicted octanol–water partition coefficient (Wildman–Crippen LogP) is 3.32. The maximum absolute atomic E-state index is 13.4. The lowest BCUT2D eigenvalue weighted by Crippen LogP contribution is -2.44. The van der Waals surface area contributed by atoms with Crippen molar-refractivity contribution in [3.63, 3.8) is 0 Å². The fourth-order valence-electron chi connectivity index (χ4n) is 4.48. The number of piperidine rings is 1. The number of halogens is 1. The molecule has 9 heteroatoms. The van der Waals surface area contributed by atoms with Crippen molar-refractivity contribution in [3.05, 3.63) is 56.7 Å². The second-order valence-electron chi connectivity index (χ2n) is 8.02. The van der Waals surface area contributed by atoms with Crippen LogP contribution in [-0.2, 0) is 0 Å². The van der Waals surface area contributed by atoms with Crippen molar-refractivity contribution in [2.45, 2.75) is 32.3 Å². The van der Waals surface area contributed by atoms with E-state index in [0.29, 0.717) is 57.9 Å². The van der Waals surface area contributed by atoms with Gasteiger partial charge in [0.05, 0.1) is 22.2 Å². The lowest BCUT2D eigenvalue weighted by Gasteiger charge is -2.37. The zero-order valence-electron chi connectivity index (χ0n) is 16.8. The molecule has 0 spiro atoms. The monoisotopic (exact) mass is 441 g/mol. The highest BCUT2D eigenvalue weighted by molar-refractivity contribution is 7.20. The lowest BCUT2D eigenvalue weighted by molar-refractivity contribution is 0.0453. The summed E-state index contributed by atoms with van der Waals surface area (Å²) in [6.07, 6.45) is 2.72. The molecule has 1 aromatic carbocycles. The Morgan fingerprint density at radius 1 is 1.29 bits per heavy atom. The minimum Gasteiger partial charge on any atom is -0.489 e. The number of hydrogen-bond donors (Lipinski definition) is 1. The van der Waals surface area contributed by atoms with Crippen LogP contribution in [-0.4, -0.2) is 45.8 Å². The van der Waals surface area contributed by atoms with Crippen molar-refractivity contribution >= 4 is 33.2 Å². The van der Waals surface area contributed by atoms with Gasteiger partial charge in [0.1, 0.15) is 22.5 Å². The van der Waals surface area contributed by atoms with Crippen LogP contribution in [0, 0.1) is 18.7 Å². The van der Waals surface area contributed by atoms with Crippen LogP contribution in [0.5, 0.6) is 5.75 Å². The van der Waals surface area contributed by atoms with E-state index >= 15 is 0 Å². The highest BCUT2D eigenvalue weighted by atomic mass is 32.1. The Balaban J connectivity index is 1.29. The van der Waals surface area contributed by atoms with Crippen LogP contribution in [0.25, 0.3) is 10.2 Å². The molecule has 1 amide bonds. The number of aromatic amines is 1. The summed E-state index contributed by atoms with van der Waals surface area (Å²) in [5, 5.41) is 0.468. The summed E-state index contributed by atoms with van der Waals surface area (Å²) in [6.45, 7) is 2.87. The Morgan fingerprint density at radius 3 is 2.81 bits per heavy atom. The third-order valence-electron chi connectivity index (χ3n) is 6.19. The minimum atomic E-state index is -0.449. The van der Waals surface area contributed by atoms with Crippen molar-refractivity contribution in [3.8, 4) is 5.75 Å². The molecule has 1 fully saturated rings. The zero-order chi connectivity index (χ0) is 21.7. The first kappa shape index (κ1) is 19.9. The van der Waals surface area contributed by atoms with Crippen LogP contribution < -0.4 is 10.3 Å². The molecule has 1 saturated heterocycles. The summed E-state index contributed by atoms with van der Waals surface area (Å²) in [7, 11) is 0. The van der Waals surface area contributed by atoms with E-state index in [0.717, 1.165) is 0 Å². The molecule has 3 aromatic rings. The van der Waals surface area contributed by atoms with E-state index in [2.05, 4.69) is 9.97 Å². The summed E-state index contributed by atoms with van der Waals surface area (Å²) in [5.41, 5.74) is 0.718. The third kappa shape index (κ3) is 3.42. The molecule has 2 aliphatic heterocycles. The summed E-state index contributed by atoms with van der Waals surface area (Å²) >= 11 is 1.24. The molecule has 160 valence electrons. The van der Waals surface area contributed by atoms with Gasteiger partial charge in [0.15, 0.2) is 5.78 Å². The topological polar surface area (TPSA) is 92.4 Å². The summed E-state index contributed by atoms with van der Waals surface area (Å²) in [5.74, 6) is -0.0867. The molecule has 2 aromatic heterocycles. The van der Waals surface area contributed by atoms with Gasteiger partial charge in [-0.3, -0.25) is 14.4 Å². The van der Waals surface area contributed by atoms with Gasteiger partial charge in [-0.05, 0) is 49.4 Å². The number of likely N-dealkylation sites (tertiary alicyclic amines) is 1. The van der Waals surface area contributed by atoms with E-state index < -0.39 is 5.82 Å². The largest absolute Gasteiger partial charge is 0.489 e. The van der Waals surface area contributed by atoms with Gasteiger partial charge in [-0.15, -0.1) is 11.3 Å². The first-order valence-electron chi connectivity index (χ1n) is 10.2. The number of ketones is 1. The lowest BCUT2D eigenvalue weighted by atomic mass is 9.86. The first-order chi connectivity index (χ1) is 14.9. The predicted molar refractivity (Wildman–Crippen MR) is 113 cm³/mol. The van der Waals surface area contributed by atoms with E-state index in [-0.39, 0.29) is 35.7 Å². The summed E-state index contributed by atoms with van der Waals surface area (Å²) in [6, 6.07) is 4.03. The number of H-pyrrole nitrogens is 1. The zero-order valence-corrected chi connectivity index (χ0v) is 17.6. The van der Waals surface area contributed by atoms with Crippen LogP contribution in [0.1, 0.15) is 44.9 Å². The SMILES string of the molecule is Cc1c(C(=O)N2CCC(C3CC(=O)c4cc(F)ccc4O3)CC2)sc2nc[nH]c(=O)c12. The van der Waals surface area contributed by atoms with E-state index in [1.807, 2.05) is 0 Å². The van der Waals surface area contributed by atoms with E-state index in [4.69, 9.17) is 4.74 Å². The maximum atomic E-state index is 13.4. The maximum Gasteiger partial charge on any atom is 0.264 e. The summed E-state index contributed by atoms with van der Waals surface area (Å²) in [4.78, 5) is 47.3. The van der Waals surface area contributed by atoms with Crippen molar-refractivity contribution in [1.82, 2.24) is 14.9 Å². The molecule has 7 nitrogen and oxygen atoms in total. The molecule has 4 heterocycles. The number of aryl methyl sites for hydroxylation is 1. The van der Waals surface area contributed by atoms with Crippen LogP contribution >= 0.6 is 11.3 Å². The molecule has 1 N–H and O–H groups in total. The Kier molecular flexibility index (Phi) is 4.85. The fourth-order valence-corrected chi connectivity index (χ4v) is 5.60. The number of Topliss-reactive ketones (excluding diaryl/α,β-unsaturated/α-hetero) is 1. The van der Waals surface area contributed by atoms with Crippen LogP contribution in [0.3, 0.4) is 0 Å². The number of rotatable bonds is 2. The van der Waals surface area contributed by atoms with Crippen LogP contribution in [0.4, 0.5) is 4.39 Å². The highest BCUT2D eigenvalue weighted by Crippen LogP contribution is 2.35. The van der Waals surface area contributed by atoms with Crippen molar-refractivity contribution in [1.29, 1.82) is 0 Å². The van der Waals surface area contributed by atoms with E-state index in [1.54, 1.807) is 11.8 Å². The number of nitrogens with zero attached hydrogens (tertiary/aromatic N) is 2. The number of aromatic nitrogens is 2. The Labute approximate surface area is 180 Å².